The van der Waals surface area contributed by atoms with E-state index in [1.165, 1.54) is 0 Å². The quantitative estimate of drug-likeness (QED) is 0.535. The lowest BCUT2D eigenvalue weighted by Crippen LogP contribution is -2.31. The van der Waals surface area contributed by atoms with Crippen LogP contribution in [0.2, 0.25) is 0 Å². The van der Waals surface area contributed by atoms with Crippen molar-refractivity contribution < 1.29 is 9.53 Å². The topological polar surface area (TPSA) is 73.9 Å². The second-order valence-electron chi connectivity index (χ2n) is 3.75. The number of esters is 1. The minimum Gasteiger partial charge on any atom is -0.464 e. The zero-order valence-corrected chi connectivity index (χ0v) is 11.5. The molecule has 0 saturated heterocycles. The minimum absolute atomic E-state index is 0.0242. The van der Waals surface area contributed by atoms with Crippen molar-refractivity contribution in [2.45, 2.75) is 26.7 Å². The first-order chi connectivity index (χ1) is 8.12. The lowest BCUT2D eigenvalue weighted by Gasteiger charge is -2.18. The van der Waals surface area contributed by atoms with Crippen LogP contribution in [0.3, 0.4) is 0 Å². The SMILES string of the molecule is CCCOC(=O)C(C#N)C(=N)C(CC)CSC. The van der Waals surface area contributed by atoms with Gasteiger partial charge in [-0.25, -0.2) is 0 Å². The Hall–Kier alpha value is -1.02. The highest BCUT2D eigenvalue weighted by Gasteiger charge is 2.29. The van der Waals surface area contributed by atoms with E-state index in [-0.39, 0.29) is 11.6 Å². The molecule has 0 aromatic rings. The lowest BCUT2D eigenvalue weighted by atomic mass is 9.92. The monoisotopic (exact) mass is 256 g/mol. The zero-order valence-electron chi connectivity index (χ0n) is 10.7. The van der Waals surface area contributed by atoms with Crippen LogP contribution in [0.15, 0.2) is 0 Å². The molecule has 0 fully saturated rings. The number of nitrogens with zero attached hydrogens (tertiary/aromatic N) is 1. The molecule has 5 heteroatoms. The smallest absolute Gasteiger partial charge is 0.329 e. The van der Waals surface area contributed by atoms with Gasteiger partial charge in [0.1, 0.15) is 0 Å². The molecular weight excluding hydrogens is 236 g/mol. The first-order valence-electron chi connectivity index (χ1n) is 5.75. The van der Waals surface area contributed by atoms with E-state index in [1.54, 1.807) is 11.8 Å². The molecule has 0 amide bonds. The Morgan fingerprint density at radius 2 is 2.18 bits per heavy atom. The first kappa shape index (κ1) is 16.0. The molecule has 0 aromatic carbocycles. The molecule has 2 unspecified atom stereocenters. The molecule has 0 aliphatic carbocycles. The molecule has 96 valence electrons. The average Bonchev–Trinajstić information content (AvgIpc) is 2.33. The van der Waals surface area contributed by atoms with Gasteiger partial charge in [0, 0.05) is 17.4 Å². The molecule has 0 rings (SSSR count). The van der Waals surface area contributed by atoms with Crippen LogP contribution in [-0.2, 0) is 9.53 Å². The second-order valence-corrected chi connectivity index (χ2v) is 4.66. The van der Waals surface area contributed by atoms with Gasteiger partial charge >= 0.3 is 5.97 Å². The number of rotatable bonds is 8. The Morgan fingerprint density at radius 3 is 2.59 bits per heavy atom. The Labute approximate surface area is 107 Å². The van der Waals surface area contributed by atoms with Crippen LogP contribution in [0.1, 0.15) is 26.7 Å². The van der Waals surface area contributed by atoms with Crippen molar-refractivity contribution in [2.75, 3.05) is 18.6 Å². The van der Waals surface area contributed by atoms with Gasteiger partial charge < -0.3 is 10.1 Å². The van der Waals surface area contributed by atoms with Gasteiger partial charge in [0.15, 0.2) is 5.92 Å². The summed E-state index contributed by atoms with van der Waals surface area (Å²) >= 11 is 1.62. The maximum Gasteiger partial charge on any atom is 0.329 e. The highest BCUT2D eigenvalue weighted by Crippen LogP contribution is 2.17. The molecule has 0 aliphatic heterocycles. The summed E-state index contributed by atoms with van der Waals surface area (Å²) in [7, 11) is 0. The van der Waals surface area contributed by atoms with Gasteiger partial charge in [0.2, 0.25) is 0 Å². The van der Waals surface area contributed by atoms with Crippen molar-refractivity contribution in [3.05, 3.63) is 0 Å². The van der Waals surface area contributed by atoms with Crippen molar-refractivity contribution in [2.24, 2.45) is 11.8 Å². The Kier molecular flexibility index (Phi) is 8.51. The zero-order chi connectivity index (χ0) is 13.3. The summed E-state index contributed by atoms with van der Waals surface area (Å²) < 4.78 is 4.93. The van der Waals surface area contributed by atoms with Crippen molar-refractivity contribution in [1.29, 1.82) is 10.7 Å². The summed E-state index contributed by atoms with van der Waals surface area (Å²) in [5.41, 5.74) is 0.186. The molecule has 0 aliphatic rings. The summed E-state index contributed by atoms with van der Waals surface area (Å²) in [6.07, 6.45) is 3.44. The molecule has 2 atom stereocenters. The van der Waals surface area contributed by atoms with E-state index in [4.69, 9.17) is 15.4 Å². The Morgan fingerprint density at radius 1 is 1.53 bits per heavy atom. The van der Waals surface area contributed by atoms with Crippen molar-refractivity contribution in [3.63, 3.8) is 0 Å². The van der Waals surface area contributed by atoms with Gasteiger partial charge in [-0.3, -0.25) is 4.79 Å². The van der Waals surface area contributed by atoms with E-state index >= 15 is 0 Å². The standard InChI is InChI=1S/C12H20N2O2S/c1-4-6-16-12(15)10(7-13)11(14)9(5-2)8-17-3/h9-10,14H,4-6,8H2,1-3H3. The lowest BCUT2D eigenvalue weighted by molar-refractivity contribution is -0.144. The first-order valence-corrected chi connectivity index (χ1v) is 7.15. The van der Waals surface area contributed by atoms with Crippen LogP contribution in [-0.4, -0.2) is 30.3 Å². The van der Waals surface area contributed by atoms with Crippen molar-refractivity contribution in [3.8, 4) is 6.07 Å². The second kappa shape index (κ2) is 9.06. The van der Waals surface area contributed by atoms with Gasteiger partial charge in [0.05, 0.1) is 12.7 Å². The number of ether oxygens (including phenoxy) is 1. The number of carbonyl (C=O) groups excluding carboxylic acids is 1. The van der Waals surface area contributed by atoms with Gasteiger partial charge in [-0.1, -0.05) is 13.8 Å². The summed E-state index contributed by atoms with van der Waals surface area (Å²) in [4.78, 5) is 11.6. The summed E-state index contributed by atoms with van der Waals surface area (Å²) in [6.45, 7) is 4.16. The van der Waals surface area contributed by atoms with Gasteiger partial charge in [-0.05, 0) is 19.1 Å². The van der Waals surface area contributed by atoms with E-state index in [0.717, 1.165) is 18.6 Å². The normalized spacial score (nSPS) is 13.5. The third-order valence-electron chi connectivity index (χ3n) is 2.42. The van der Waals surface area contributed by atoms with Crippen molar-refractivity contribution in [1.82, 2.24) is 0 Å². The van der Waals surface area contributed by atoms with E-state index in [2.05, 4.69) is 0 Å². The van der Waals surface area contributed by atoms with Gasteiger partial charge in [0.25, 0.3) is 0 Å². The minimum atomic E-state index is -1.04. The van der Waals surface area contributed by atoms with Gasteiger partial charge in [-0.15, -0.1) is 0 Å². The Balaban J connectivity index is 4.59. The van der Waals surface area contributed by atoms with Gasteiger partial charge in [-0.2, -0.15) is 17.0 Å². The number of hydrogen-bond donors (Lipinski definition) is 1. The fraction of sp³-hybridized carbons (Fsp3) is 0.750. The van der Waals surface area contributed by atoms with Crippen LogP contribution in [0.25, 0.3) is 0 Å². The maximum absolute atomic E-state index is 11.6. The van der Waals surface area contributed by atoms with E-state index in [1.807, 2.05) is 26.2 Å². The highest BCUT2D eigenvalue weighted by atomic mass is 32.2. The summed E-state index contributed by atoms with van der Waals surface area (Å²) in [6, 6.07) is 1.88. The fourth-order valence-corrected chi connectivity index (χ4v) is 2.22. The fourth-order valence-electron chi connectivity index (χ4n) is 1.40. The number of nitriles is 1. The Bertz CT molecular complexity index is 299. The third-order valence-corrected chi connectivity index (χ3v) is 3.16. The molecule has 0 radical (unpaired) electrons. The van der Waals surface area contributed by atoms with Crippen molar-refractivity contribution >= 4 is 23.4 Å². The largest absolute Gasteiger partial charge is 0.464 e. The summed E-state index contributed by atoms with van der Waals surface area (Å²) in [5.74, 6) is -0.893. The van der Waals surface area contributed by atoms with E-state index in [9.17, 15) is 4.79 Å². The molecule has 0 spiro atoms. The number of hydrogen-bond acceptors (Lipinski definition) is 5. The number of thioether (sulfide) groups is 1. The van der Waals surface area contributed by atoms with E-state index < -0.39 is 11.9 Å². The molecule has 1 N–H and O–H groups in total. The summed E-state index contributed by atoms with van der Waals surface area (Å²) in [5, 5.41) is 16.9. The third kappa shape index (κ3) is 5.22. The molecule has 0 bridgehead atoms. The van der Waals surface area contributed by atoms with E-state index in [0.29, 0.717) is 6.61 Å². The van der Waals surface area contributed by atoms with Crippen LogP contribution in [0.5, 0.6) is 0 Å². The molecule has 0 saturated carbocycles. The number of nitrogens with one attached hydrogen (secondary N) is 1. The molecular formula is C12H20N2O2S. The highest BCUT2D eigenvalue weighted by molar-refractivity contribution is 7.98. The molecule has 0 aromatic heterocycles. The predicted octanol–water partition coefficient (Wildman–Crippen LogP) is 2.49. The van der Waals surface area contributed by atoms with Crippen LogP contribution in [0.4, 0.5) is 0 Å². The van der Waals surface area contributed by atoms with Crippen LogP contribution < -0.4 is 0 Å². The maximum atomic E-state index is 11.6. The molecule has 0 heterocycles. The molecule has 4 nitrogen and oxygen atoms in total. The number of carbonyl (C=O) groups is 1. The average molecular weight is 256 g/mol. The van der Waals surface area contributed by atoms with Crippen LogP contribution in [0, 0.1) is 28.6 Å². The molecule has 17 heavy (non-hydrogen) atoms. The van der Waals surface area contributed by atoms with Crippen LogP contribution >= 0.6 is 11.8 Å². The predicted molar refractivity (Wildman–Crippen MR) is 70.2 cm³/mol.